The maximum Gasteiger partial charge on any atom is 0.262 e. The molecule has 3 aliphatic rings. The fraction of sp³-hybridized carbons (Fsp3) is 0.586. The van der Waals surface area contributed by atoms with Gasteiger partial charge in [0.1, 0.15) is 24.2 Å². The number of morpholine rings is 1. The van der Waals surface area contributed by atoms with Gasteiger partial charge in [-0.3, -0.25) is 19.5 Å². The molecule has 5 rings (SSSR count). The molecule has 40 heavy (non-hydrogen) atoms. The van der Waals surface area contributed by atoms with Gasteiger partial charge in [0.05, 0.1) is 19.8 Å². The number of hydrogen-bond acceptors (Lipinski definition) is 7. The van der Waals surface area contributed by atoms with E-state index in [0.29, 0.717) is 38.3 Å². The molecular weight excluding hydrogens is 523 g/mol. The smallest absolute Gasteiger partial charge is 0.262 e. The minimum absolute atomic E-state index is 0.00857. The Morgan fingerprint density at radius 2 is 1.82 bits per heavy atom. The van der Waals surface area contributed by atoms with Crippen LogP contribution >= 0.6 is 0 Å². The molecule has 3 aliphatic heterocycles. The molecular formula is C29H38F3N5O3. The number of benzene rings is 1. The lowest BCUT2D eigenvalue weighted by Crippen LogP contribution is -2.64. The van der Waals surface area contributed by atoms with E-state index in [9.17, 15) is 18.0 Å². The summed E-state index contributed by atoms with van der Waals surface area (Å²) in [5, 5.41) is 3.51. The Bertz CT molecular complexity index is 1160. The molecule has 2 aromatic rings. The number of amides is 1. The van der Waals surface area contributed by atoms with Crippen molar-refractivity contribution in [2.24, 2.45) is 0 Å². The highest BCUT2D eigenvalue weighted by atomic mass is 19.3. The summed E-state index contributed by atoms with van der Waals surface area (Å²) in [4.78, 5) is 24.0. The van der Waals surface area contributed by atoms with Crippen molar-refractivity contribution >= 4 is 11.6 Å². The molecule has 0 spiro atoms. The zero-order chi connectivity index (χ0) is 28.4. The highest BCUT2D eigenvalue weighted by Crippen LogP contribution is 2.35. The van der Waals surface area contributed by atoms with E-state index in [1.54, 1.807) is 24.4 Å². The topological polar surface area (TPSA) is 70.2 Å². The lowest BCUT2D eigenvalue weighted by Gasteiger charge is -2.46. The van der Waals surface area contributed by atoms with Gasteiger partial charge in [-0.1, -0.05) is 12.1 Å². The number of piperazine rings is 1. The molecule has 1 aromatic heterocycles. The highest BCUT2D eigenvalue weighted by molar-refractivity contribution is 5.97. The Kier molecular flexibility index (Phi) is 8.94. The van der Waals surface area contributed by atoms with Gasteiger partial charge in [-0.05, 0) is 56.5 Å². The first-order chi connectivity index (χ1) is 19.2. The number of halogens is 3. The minimum Gasteiger partial charge on any atom is -0.474 e. The molecule has 8 nitrogen and oxygen atoms in total. The van der Waals surface area contributed by atoms with Crippen molar-refractivity contribution in [3.8, 4) is 5.88 Å². The molecule has 1 unspecified atom stereocenters. The van der Waals surface area contributed by atoms with Crippen LogP contribution in [0.15, 0.2) is 36.5 Å². The number of carbonyl (C=O) groups excluding carboxylic acids is 1. The first-order valence-corrected chi connectivity index (χ1v) is 14.0. The number of aromatic nitrogens is 1. The molecule has 0 aliphatic carbocycles. The van der Waals surface area contributed by atoms with Crippen molar-refractivity contribution in [3.63, 3.8) is 0 Å². The maximum absolute atomic E-state index is 14.3. The maximum atomic E-state index is 14.3. The van der Waals surface area contributed by atoms with E-state index in [1.807, 2.05) is 0 Å². The number of alkyl halides is 2. The predicted octanol–water partition coefficient (Wildman–Crippen LogP) is 2.94. The molecule has 4 heterocycles. The first kappa shape index (κ1) is 28.8. The van der Waals surface area contributed by atoms with E-state index >= 15 is 0 Å². The molecule has 2 fully saturated rings. The summed E-state index contributed by atoms with van der Waals surface area (Å²) in [6.07, 6.45) is -0.771. The second kappa shape index (κ2) is 12.4. The fourth-order valence-electron chi connectivity index (χ4n) is 5.92. The first-order valence-electron chi connectivity index (χ1n) is 14.0. The van der Waals surface area contributed by atoms with Crippen LogP contribution in [-0.4, -0.2) is 103 Å². The second-order valence-corrected chi connectivity index (χ2v) is 11.3. The highest BCUT2D eigenvalue weighted by Gasteiger charge is 2.41. The predicted molar refractivity (Wildman–Crippen MR) is 145 cm³/mol. The van der Waals surface area contributed by atoms with Crippen LogP contribution in [-0.2, 0) is 16.0 Å². The number of anilines is 1. The zero-order valence-corrected chi connectivity index (χ0v) is 23.2. The van der Waals surface area contributed by atoms with Crippen molar-refractivity contribution < 1.29 is 27.4 Å². The molecule has 11 heteroatoms. The monoisotopic (exact) mass is 561 g/mol. The van der Waals surface area contributed by atoms with Crippen LogP contribution in [0.3, 0.4) is 0 Å². The number of fused-ring (bicyclic) bond motifs is 1. The summed E-state index contributed by atoms with van der Waals surface area (Å²) in [6, 6.07) is 7.05. The van der Waals surface area contributed by atoms with Crippen molar-refractivity contribution in [1.82, 2.24) is 20.1 Å². The summed E-state index contributed by atoms with van der Waals surface area (Å²) >= 11 is 0. The number of carbonyl (C=O) groups is 1. The van der Waals surface area contributed by atoms with Gasteiger partial charge < -0.3 is 14.8 Å². The van der Waals surface area contributed by atoms with Crippen LogP contribution in [0.5, 0.6) is 5.88 Å². The summed E-state index contributed by atoms with van der Waals surface area (Å²) in [5.41, 5.74) is 1.80. The lowest BCUT2D eigenvalue weighted by atomic mass is 10.0. The van der Waals surface area contributed by atoms with E-state index < -0.39 is 18.4 Å². The second-order valence-electron chi connectivity index (χ2n) is 11.3. The Hall–Kier alpha value is -2.73. The van der Waals surface area contributed by atoms with Gasteiger partial charge >= 0.3 is 0 Å². The number of hydrogen-bond donors (Lipinski definition) is 1. The SMILES string of the molecule is C[C@@H]1CN(CC(=O)N2c3cc(Cc4ccc(F)cc4)cnc3OCC2C(F)F)[C@@H](CN2[C@H](C)COC[C@H]2C)CN1. The largest absolute Gasteiger partial charge is 0.474 e. The quantitative estimate of drug-likeness (QED) is 0.558. The van der Waals surface area contributed by atoms with E-state index in [2.05, 4.69) is 40.9 Å². The number of nitrogens with one attached hydrogen (secondary N) is 1. The van der Waals surface area contributed by atoms with E-state index in [-0.39, 0.29) is 54.7 Å². The Balaban J connectivity index is 1.38. The van der Waals surface area contributed by atoms with Gasteiger partial charge in [0.15, 0.2) is 0 Å². The van der Waals surface area contributed by atoms with Gasteiger partial charge in [-0.2, -0.15) is 0 Å². The van der Waals surface area contributed by atoms with Crippen molar-refractivity contribution in [3.05, 3.63) is 53.5 Å². The zero-order valence-electron chi connectivity index (χ0n) is 23.2. The van der Waals surface area contributed by atoms with E-state index in [0.717, 1.165) is 12.1 Å². The normalized spacial score (nSPS) is 27.9. The van der Waals surface area contributed by atoms with Gasteiger partial charge in [0, 0.05) is 50.0 Å². The van der Waals surface area contributed by atoms with E-state index in [1.165, 1.54) is 17.0 Å². The third-order valence-corrected chi connectivity index (χ3v) is 8.09. The molecule has 0 radical (unpaired) electrons. The molecule has 1 amide bonds. The Morgan fingerprint density at radius 3 is 2.52 bits per heavy atom. The van der Waals surface area contributed by atoms with Crippen LogP contribution in [0.2, 0.25) is 0 Å². The summed E-state index contributed by atoms with van der Waals surface area (Å²) in [6.45, 7) is 9.42. The van der Waals surface area contributed by atoms with Gasteiger partial charge in [-0.25, -0.2) is 18.2 Å². The van der Waals surface area contributed by atoms with Crippen LogP contribution in [0.25, 0.3) is 0 Å². The molecule has 1 N–H and O–H groups in total. The Labute approximate surface area is 233 Å². The van der Waals surface area contributed by atoms with Crippen LogP contribution in [0.4, 0.5) is 18.9 Å². The third kappa shape index (κ3) is 6.43. The van der Waals surface area contributed by atoms with E-state index in [4.69, 9.17) is 9.47 Å². The molecule has 1 aromatic carbocycles. The van der Waals surface area contributed by atoms with Crippen molar-refractivity contribution in [2.45, 2.75) is 63.8 Å². The minimum atomic E-state index is -2.79. The number of rotatable bonds is 7. The van der Waals surface area contributed by atoms with Crippen LogP contribution in [0.1, 0.15) is 31.9 Å². The Morgan fingerprint density at radius 1 is 1.10 bits per heavy atom. The van der Waals surface area contributed by atoms with Crippen LogP contribution in [0, 0.1) is 5.82 Å². The molecule has 0 bridgehead atoms. The third-order valence-electron chi connectivity index (χ3n) is 8.09. The molecule has 2 saturated heterocycles. The van der Waals surface area contributed by atoms with Gasteiger partial charge in [0.25, 0.3) is 6.43 Å². The lowest BCUT2D eigenvalue weighted by molar-refractivity contribution is -0.123. The summed E-state index contributed by atoms with van der Waals surface area (Å²) < 4.78 is 53.1. The number of ether oxygens (including phenoxy) is 2. The van der Waals surface area contributed by atoms with Crippen molar-refractivity contribution in [2.75, 3.05) is 50.9 Å². The summed E-state index contributed by atoms with van der Waals surface area (Å²) in [5.74, 6) is -0.581. The summed E-state index contributed by atoms with van der Waals surface area (Å²) in [7, 11) is 0. The molecule has 0 saturated carbocycles. The van der Waals surface area contributed by atoms with Crippen LogP contribution < -0.4 is 15.0 Å². The number of pyridine rings is 1. The number of nitrogens with zero attached hydrogens (tertiary/aromatic N) is 4. The molecule has 5 atom stereocenters. The fourth-order valence-corrected chi connectivity index (χ4v) is 5.92. The average Bonchev–Trinajstić information content (AvgIpc) is 2.92. The van der Waals surface area contributed by atoms with Gasteiger partial charge in [-0.15, -0.1) is 0 Å². The molecule has 218 valence electrons. The van der Waals surface area contributed by atoms with Crippen molar-refractivity contribution in [1.29, 1.82) is 0 Å². The average molecular weight is 562 g/mol. The van der Waals surface area contributed by atoms with Gasteiger partial charge in [0.2, 0.25) is 11.8 Å². The standard InChI is InChI=1S/C29H38F3N5O3/c1-18-12-35(24(11-33-18)13-36-19(2)15-39-16-20(36)3)14-27(38)37-25-9-22(8-21-4-6-23(30)7-5-21)10-34-29(25)40-17-26(37)28(31)32/h4-7,9-10,18-20,24,26,28,33H,8,11-17H2,1-3H3/t18-,19-,20-,24-,26?/m1/s1.